The molecule has 1 heterocycles. The van der Waals surface area contributed by atoms with E-state index >= 15 is 0 Å². The molecule has 2 rings (SSSR count). The molecular formula is C16H28N2S. The van der Waals surface area contributed by atoms with Gasteiger partial charge in [-0.3, -0.25) is 0 Å². The Morgan fingerprint density at radius 2 is 2.21 bits per heavy atom. The van der Waals surface area contributed by atoms with Crippen LogP contribution in [0.25, 0.3) is 0 Å². The molecule has 1 aliphatic rings. The number of nitrogens with zero attached hydrogens (tertiary/aromatic N) is 1. The fourth-order valence-corrected chi connectivity index (χ4v) is 4.14. The van der Waals surface area contributed by atoms with Crippen molar-refractivity contribution in [3.8, 4) is 0 Å². The largest absolute Gasteiger partial charge is 0.308 e. The molecule has 0 spiro atoms. The quantitative estimate of drug-likeness (QED) is 0.855. The zero-order valence-corrected chi connectivity index (χ0v) is 13.6. The van der Waals surface area contributed by atoms with Gasteiger partial charge in [0.25, 0.3) is 0 Å². The fraction of sp³-hybridized carbons (Fsp3) is 0.750. The molecule has 1 aromatic rings. The first kappa shape index (κ1) is 15.0. The van der Waals surface area contributed by atoms with Crippen LogP contribution in [0.4, 0.5) is 0 Å². The van der Waals surface area contributed by atoms with E-state index in [1.165, 1.54) is 25.7 Å². The molecule has 1 aromatic heterocycles. The number of rotatable bonds is 6. The molecule has 108 valence electrons. The third-order valence-electron chi connectivity index (χ3n) is 3.83. The lowest BCUT2D eigenvalue weighted by Gasteiger charge is -2.31. The number of likely N-dealkylation sites (N-methyl/N-ethyl adjacent to an activating group) is 1. The van der Waals surface area contributed by atoms with Gasteiger partial charge in [-0.15, -0.1) is 11.3 Å². The Balaban J connectivity index is 2.01. The van der Waals surface area contributed by atoms with E-state index in [2.05, 4.69) is 49.6 Å². The van der Waals surface area contributed by atoms with Crippen LogP contribution in [0.3, 0.4) is 0 Å². The molecule has 0 aromatic carbocycles. The van der Waals surface area contributed by atoms with Gasteiger partial charge in [0.1, 0.15) is 0 Å². The molecular weight excluding hydrogens is 252 g/mol. The van der Waals surface area contributed by atoms with Gasteiger partial charge < -0.3 is 10.2 Å². The Morgan fingerprint density at radius 1 is 1.42 bits per heavy atom. The summed E-state index contributed by atoms with van der Waals surface area (Å²) in [6.45, 7) is 5.77. The van der Waals surface area contributed by atoms with Crippen LogP contribution in [0.1, 0.15) is 49.6 Å². The Labute approximate surface area is 122 Å². The topological polar surface area (TPSA) is 15.3 Å². The molecule has 2 unspecified atom stereocenters. The fourth-order valence-electron chi connectivity index (χ4n) is 3.15. The van der Waals surface area contributed by atoms with E-state index in [0.29, 0.717) is 12.1 Å². The Bertz CT molecular complexity index is 374. The van der Waals surface area contributed by atoms with Gasteiger partial charge in [-0.1, -0.05) is 13.8 Å². The predicted molar refractivity (Wildman–Crippen MR) is 84.9 cm³/mol. The van der Waals surface area contributed by atoms with E-state index in [1.807, 2.05) is 11.3 Å². The average molecular weight is 280 g/mol. The minimum atomic E-state index is 0.582. The molecule has 0 aliphatic heterocycles. The van der Waals surface area contributed by atoms with E-state index in [9.17, 15) is 0 Å². The Morgan fingerprint density at radius 3 is 2.89 bits per heavy atom. The summed E-state index contributed by atoms with van der Waals surface area (Å²) in [5.74, 6) is 0.753. The zero-order valence-electron chi connectivity index (χ0n) is 12.8. The van der Waals surface area contributed by atoms with Crippen molar-refractivity contribution in [2.75, 3.05) is 20.6 Å². The summed E-state index contributed by atoms with van der Waals surface area (Å²) in [5.41, 5.74) is 1.57. The average Bonchev–Trinajstić information content (AvgIpc) is 2.76. The lowest BCUT2D eigenvalue weighted by molar-refractivity contribution is 0.277. The van der Waals surface area contributed by atoms with Crippen molar-refractivity contribution in [2.24, 2.45) is 5.92 Å². The molecule has 3 heteroatoms. The zero-order chi connectivity index (χ0) is 13.8. The van der Waals surface area contributed by atoms with Gasteiger partial charge in [-0.2, -0.15) is 0 Å². The maximum Gasteiger partial charge on any atom is 0.0334 e. The minimum absolute atomic E-state index is 0.582. The van der Waals surface area contributed by atoms with Crippen LogP contribution in [0.15, 0.2) is 11.4 Å². The van der Waals surface area contributed by atoms with E-state index in [0.717, 1.165) is 12.5 Å². The van der Waals surface area contributed by atoms with Gasteiger partial charge in [0.15, 0.2) is 0 Å². The molecule has 2 nitrogen and oxygen atoms in total. The number of nitrogens with one attached hydrogen (secondary N) is 1. The Hall–Kier alpha value is -0.380. The second-order valence-corrected chi connectivity index (χ2v) is 7.50. The third-order valence-corrected chi connectivity index (χ3v) is 4.83. The van der Waals surface area contributed by atoms with Gasteiger partial charge >= 0.3 is 0 Å². The number of aryl methyl sites for hydroxylation is 1. The summed E-state index contributed by atoms with van der Waals surface area (Å²) < 4.78 is 0. The first-order chi connectivity index (χ1) is 9.06. The lowest BCUT2D eigenvalue weighted by atomic mass is 9.92. The molecule has 0 saturated carbocycles. The molecule has 1 aliphatic carbocycles. The highest BCUT2D eigenvalue weighted by atomic mass is 32.1. The van der Waals surface area contributed by atoms with Gasteiger partial charge in [-0.25, -0.2) is 0 Å². The van der Waals surface area contributed by atoms with Crippen molar-refractivity contribution < 1.29 is 0 Å². The van der Waals surface area contributed by atoms with E-state index < -0.39 is 0 Å². The number of fused-ring (bicyclic) bond motifs is 1. The van der Waals surface area contributed by atoms with Crippen molar-refractivity contribution in [3.05, 3.63) is 21.9 Å². The molecule has 0 radical (unpaired) electrons. The number of hydrogen-bond donors (Lipinski definition) is 1. The molecule has 0 bridgehead atoms. The summed E-state index contributed by atoms with van der Waals surface area (Å²) in [4.78, 5) is 3.91. The second kappa shape index (κ2) is 6.87. The van der Waals surface area contributed by atoms with E-state index in [1.54, 1.807) is 10.4 Å². The van der Waals surface area contributed by atoms with Crippen LogP contribution >= 0.6 is 11.3 Å². The van der Waals surface area contributed by atoms with Crippen molar-refractivity contribution >= 4 is 11.3 Å². The van der Waals surface area contributed by atoms with E-state index in [4.69, 9.17) is 0 Å². The van der Waals surface area contributed by atoms with Crippen molar-refractivity contribution in [2.45, 2.75) is 51.6 Å². The molecule has 2 atom stereocenters. The molecule has 0 saturated heterocycles. The van der Waals surface area contributed by atoms with Gasteiger partial charge in [-0.05, 0) is 62.7 Å². The first-order valence-corrected chi connectivity index (χ1v) is 8.41. The molecule has 19 heavy (non-hydrogen) atoms. The van der Waals surface area contributed by atoms with Crippen LogP contribution in [0.2, 0.25) is 0 Å². The smallest absolute Gasteiger partial charge is 0.0334 e. The maximum absolute atomic E-state index is 3.93. The third kappa shape index (κ3) is 4.30. The van der Waals surface area contributed by atoms with Crippen LogP contribution in [-0.2, 0) is 6.42 Å². The standard InChI is InChI=1S/C16H28N2S/c1-12(2)10-13(11-18(3)4)17-15-6-5-7-16-14(15)8-9-19-16/h8-9,12-13,15,17H,5-7,10-11H2,1-4H3. The summed E-state index contributed by atoms with van der Waals surface area (Å²) in [6, 6.07) is 3.52. The highest BCUT2D eigenvalue weighted by Crippen LogP contribution is 2.33. The van der Waals surface area contributed by atoms with Crippen LogP contribution < -0.4 is 5.32 Å². The van der Waals surface area contributed by atoms with E-state index in [-0.39, 0.29) is 0 Å². The molecule has 0 fully saturated rings. The summed E-state index contributed by atoms with van der Waals surface area (Å²) in [6.07, 6.45) is 5.18. The van der Waals surface area contributed by atoms with Crippen molar-refractivity contribution in [1.29, 1.82) is 0 Å². The minimum Gasteiger partial charge on any atom is -0.308 e. The normalized spacial score (nSPS) is 20.8. The maximum atomic E-state index is 3.93. The summed E-state index contributed by atoms with van der Waals surface area (Å²) >= 11 is 1.93. The van der Waals surface area contributed by atoms with Gasteiger partial charge in [0.05, 0.1) is 0 Å². The SMILES string of the molecule is CC(C)CC(CN(C)C)NC1CCCc2sccc21. The van der Waals surface area contributed by atoms with Crippen molar-refractivity contribution in [3.63, 3.8) is 0 Å². The predicted octanol–water partition coefficient (Wildman–Crippen LogP) is 3.69. The molecule has 1 N–H and O–H groups in total. The van der Waals surface area contributed by atoms with Crippen molar-refractivity contribution in [1.82, 2.24) is 10.2 Å². The van der Waals surface area contributed by atoms with Crippen LogP contribution in [0, 0.1) is 5.92 Å². The number of thiophene rings is 1. The highest BCUT2D eigenvalue weighted by Gasteiger charge is 2.24. The summed E-state index contributed by atoms with van der Waals surface area (Å²) in [5, 5.41) is 6.18. The Kier molecular flexibility index (Phi) is 5.43. The van der Waals surface area contributed by atoms with Gasteiger partial charge in [0, 0.05) is 23.5 Å². The molecule has 0 amide bonds. The highest BCUT2D eigenvalue weighted by molar-refractivity contribution is 7.10. The van der Waals surface area contributed by atoms with Gasteiger partial charge in [0.2, 0.25) is 0 Å². The summed E-state index contributed by atoms with van der Waals surface area (Å²) in [7, 11) is 4.35. The second-order valence-electron chi connectivity index (χ2n) is 6.50. The first-order valence-electron chi connectivity index (χ1n) is 7.53. The lowest BCUT2D eigenvalue weighted by Crippen LogP contribution is -2.41. The monoisotopic (exact) mass is 280 g/mol. The van der Waals surface area contributed by atoms with Crippen LogP contribution in [0.5, 0.6) is 0 Å². The van der Waals surface area contributed by atoms with Crippen LogP contribution in [-0.4, -0.2) is 31.6 Å². The number of hydrogen-bond acceptors (Lipinski definition) is 3.